The van der Waals surface area contributed by atoms with Gasteiger partial charge in [0.05, 0.1) is 11.1 Å². The van der Waals surface area contributed by atoms with Gasteiger partial charge in [0.2, 0.25) is 0 Å². The van der Waals surface area contributed by atoms with Crippen LogP contribution in [0.1, 0.15) is 42.1 Å². The van der Waals surface area contributed by atoms with Crippen LogP contribution in [0.2, 0.25) is 0 Å². The lowest BCUT2D eigenvalue weighted by molar-refractivity contribution is 0.0950. The van der Waals surface area contributed by atoms with Gasteiger partial charge in [-0.3, -0.25) is 4.79 Å². The van der Waals surface area contributed by atoms with Gasteiger partial charge in [0.25, 0.3) is 5.91 Å². The topological polar surface area (TPSA) is 63.2 Å². The molecule has 2 aromatic carbocycles. The summed E-state index contributed by atoms with van der Waals surface area (Å²) in [6.45, 7) is 5.54. The Morgan fingerprint density at radius 2 is 1.86 bits per heavy atom. The molecule has 0 saturated heterocycles. The Morgan fingerprint density at radius 1 is 1.11 bits per heavy atom. The first kappa shape index (κ1) is 19.8. The number of fused-ring (bicyclic) bond motifs is 1. The van der Waals surface area contributed by atoms with E-state index in [1.54, 1.807) is 7.11 Å². The first-order valence-electron chi connectivity index (χ1n) is 9.62. The molecule has 146 valence electrons. The first-order valence-corrected chi connectivity index (χ1v) is 9.62. The second-order valence-corrected chi connectivity index (χ2v) is 7.08. The van der Waals surface area contributed by atoms with Crippen LogP contribution in [0.4, 0.5) is 11.5 Å². The maximum Gasteiger partial charge on any atom is 0.252 e. The molecule has 0 aliphatic carbocycles. The highest BCUT2D eigenvalue weighted by molar-refractivity contribution is 6.07. The van der Waals surface area contributed by atoms with Crippen molar-refractivity contribution in [2.45, 2.75) is 26.2 Å². The minimum Gasteiger partial charge on any atom is -0.385 e. The molecule has 0 spiro atoms. The highest BCUT2D eigenvalue weighted by atomic mass is 16.5. The molecule has 1 heterocycles. The summed E-state index contributed by atoms with van der Waals surface area (Å²) < 4.78 is 5.04. The summed E-state index contributed by atoms with van der Waals surface area (Å²) >= 11 is 0. The van der Waals surface area contributed by atoms with Gasteiger partial charge in [-0.05, 0) is 42.2 Å². The van der Waals surface area contributed by atoms with E-state index in [0.29, 0.717) is 30.5 Å². The molecule has 0 fully saturated rings. The van der Waals surface area contributed by atoms with Crippen LogP contribution in [0.5, 0.6) is 0 Å². The number of nitrogens with zero attached hydrogens (tertiary/aromatic N) is 1. The number of aromatic nitrogens is 1. The van der Waals surface area contributed by atoms with E-state index in [9.17, 15) is 4.79 Å². The van der Waals surface area contributed by atoms with Crippen LogP contribution in [0.25, 0.3) is 10.9 Å². The summed E-state index contributed by atoms with van der Waals surface area (Å²) in [5.41, 5.74) is 3.63. The Morgan fingerprint density at radius 3 is 2.57 bits per heavy atom. The number of para-hydroxylation sites is 1. The second kappa shape index (κ2) is 9.33. The molecule has 0 bridgehead atoms. The Hall–Kier alpha value is -2.92. The van der Waals surface area contributed by atoms with Gasteiger partial charge in [-0.15, -0.1) is 0 Å². The van der Waals surface area contributed by atoms with Crippen LogP contribution < -0.4 is 10.6 Å². The van der Waals surface area contributed by atoms with Crippen LogP contribution in [0, 0.1) is 0 Å². The normalized spacial score (nSPS) is 11.0. The van der Waals surface area contributed by atoms with Crippen LogP contribution in [0.15, 0.2) is 54.6 Å². The van der Waals surface area contributed by atoms with Crippen LogP contribution >= 0.6 is 0 Å². The number of hydrogen-bond donors (Lipinski definition) is 2. The van der Waals surface area contributed by atoms with Crippen molar-refractivity contribution in [3.05, 3.63) is 65.7 Å². The minimum absolute atomic E-state index is 0.104. The van der Waals surface area contributed by atoms with Crippen LogP contribution in [0.3, 0.4) is 0 Å². The number of rotatable bonds is 8. The number of anilines is 2. The molecule has 3 aromatic rings. The van der Waals surface area contributed by atoms with E-state index in [4.69, 9.17) is 4.74 Å². The third-order valence-corrected chi connectivity index (χ3v) is 4.62. The number of nitrogens with one attached hydrogen (secondary N) is 2. The Bertz CT molecular complexity index is 936. The zero-order valence-electron chi connectivity index (χ0n) is 16.7. The zero-order valence-corrected chi connectivity index (χ0v) is 16.7. The Labute approximate surface area is 166 Å². The van der Waals surface area contributed by atoms with Crippen molar-refractivity contribution in [3.8, 4) is 0 Å². The Kier molecular flexibility index (Phi) is 6.61. The van der Waals surface area contributed by atoms with Gasteiger partial charge in [-0.1, -0.05) is 44.2 Å². The van der Waals surface area contributed by atoms with Crippen molar-refractivity contribution < 1.29 is 9.53 Å². The molecule has 0 aliphatic rings. The van der Waals surface area contributed by atoms with E-state index in [1.807, 2.05) is 42.5 Å². The van der Waals surface area contributed by atoms with E-state index < -0.39 is 0 Å². The van der Waals surface area contributed by atoms with E-state index in [0.717, 1.165) is 23.0 Å². The molecule has 28 heavy (non-hydrogen) atoms. The Balaban J connectivity index is 1.85. The minimum atomic E-state index is -0.104. The molecule has 3 rings (SSSR count). The average Bonchev–Trinajstić information content (AvgIpc) is 2.71. The fraction of sp³-hybridized carbons (Fsp3) is 0.304. The number of methoxy groups -OCH3 is 1. The number of carbonyl (C=O) groups is 1. The van der Waals surface area contributed by atoms with Crippen molar-refractivity contribution >= 4 is 28.3 Å². The summed E-state index contributed by atoms with van der Waals surface area (Å²) in [6.07, 6.45) is 0.776. The fourth-order valence-corrected chi connectivity index (χ4v) is 3.04. The predicted octanol–water partition coefficient (Wildman–Crippen LogP) is 4.87. The predicted molar refractivity (Wildman–Crippen MR) is 114 cm³/mol. The molecular weight excluding hydrogens is 350 g/mol. The molecule has 0 unspecified atom stereocenters. The van der Waals surface area contributed by atoms with Gasteiger partial charge in [0, 0.05) is 31.3 Å². The molecule has 0 radical (unpaired) electrons. The van der Waals surface area contributed by atoms with E-state index in [1.165, 1.54) is 5.56 Å². The fourth-order valence-electron chi connectivity index (χ4n) is 3.04. The number of benzene rings is 2. The maximum atomic E-state index is 12.7. The average molecular weight is 377 g/mol. The molecule has 0 aliphatic heterocycles. The number of hydrogen-bond acceptors (Lipinski definition) is 4. The molecule has 0 atom stereocenters. The molecule has 1 amide bonds. The summed E-state index contributed by atoms with van der Waals surface area (Å²) in [7, 11) is 1.66. The summed E-state index contributed by atoms with van der Waals surface area (Å²) in [6, 6.07) is 17.8. The SMILES string of the molecule is COCCCNC(=O)c1cc(Nc2ccc(C(C)C)cc2)nc2ccccc12. The molecule has 1 aromatic heterocycles. The molecule has 2 N–H and O–H groups in total. The zero-order chi connectivity index (χ0) is 19.9. The monoisotopic (exact) mass is 377 g/mol. The van der Waals surface area contributed by atoms with Crippen molar-refractivity contribution in [1.82, 2.24) is 10.3 Å². The van der Waals surface area contributed by atoms with Gasteiger partial charge in [0.15, 0.2) is 0 Å². The highest BCUT2D eigenvalue weighted by Crippen LogP contribution is 2.24. The van der Waals surface area contributed by atoms with E-state index in [2.05, 4.69) is 41.6 Å². The molecule has 5 heteroatoms. The molecular formula is C23H27N3O2. The van der Waals surface area contributed by atoms with Crippen molar-refractivity contribution in [2.24, 2.45) is 0 Å². The molecule has 0 saturated carbocycles. The van der Waals surface area contributed by atoms with E-state index >= 15 is 0 Å². The van der Waals surface area contributed by atoms with Gasteiger partial charge in [-0.25, -0.2) is 4.98 Å². The van der Waals surface area contributed by atoms with Crippen molar-refractivity contribution in [1.29, 1.82) is 0 Å². The van der Waals surface area contributed by atoms with Gasteiger partial charge >= 0.3 is 0 Å². The smallest absolute Gasteiger partial charge is 0.252 e. The third-order valence-electron chi connectivity index (χ3n) is 4.62. The lowest BCUT2D eigenvalue weighted by atomic mass is 10.0. The van der Waals surface area contributed by atoms with Crippen LogP contribution in [-0.4, -0.2) is 31.2 Å². The van der Waals surface area contributed by atoms with Crippen LogP contribution in [-0.2, 0) is 4.74 Å². The summed E-state index contributed by atoms with van der Waals surface area (Å²) in [5, 5.41) is 7.13. The lowest BCUT2D eigenvalue weighted by Gasteiger charge is -2.12. The number of ether oxygens (including phenoxy) is 1. The standard InChI is InChI=1S/C23H27N3O2/c1-16(2)17-9-11-18(12-10-17)25-22-15-20(23(27)24-13-6-14-28-3)19-7-4-5-8-21(19)26-22/h4-5,7-12,15-16H,6,13-14H2,1-3H3,(H,24,27)(H,25,26). The highest BCUT2D eigenvalue weighted by Gasteiger charge is 2.13. The van der Waals surface area contributed by atoms with E-state index in [-0.39, 0.29) is 5.91 Å². The number of pyridine rings is 1. The maximum absolute atomic E-state index is 12.7. The lowest BCUT2D eigenvalue weighted by Crippen LogP contribution is -2.25. The summed E-state index contributed by atoms with van der Waals surface area (Å²) in [5.74, 6) is 1.03. The summed E-state index contributed by atoms with van der Waals surface area (Å²) in [4.78, 5) is 17.4. The number of amides is 1. The van der Waals surface area contributed by atoms with Gasteiger partial charge in [-0.2, -0.15) is 0 Å². The van der Waals surface area contributed by atoms with Gasteiger partial charge < -0.3 is 15.4 Å². The molecule has 5 nitrogen and oxygen atoms in total. The largest absolute Gasteiger partial charge is 0.385 e. The third kappa shape index (κ3) is 4.87. The van der Waals surface area contributed by atoms with Crippen molar-refractivity contribution in [3.63, 3.8) is 0 Å². The van der Waals surface area contributed by atoms with Gasteiger partial charge in [0.1, 0.15) is 5.82 Å². The quantitative estimate of drug-likeness (QED) is 0.550. The first-order chi connectivity index (χ1) is 13.6. The van der Waals surface area contributed by atoms with Crippen molar-refractivity contribution in [2.75, 3.05) is 25.6 Å². The number of carbonyl (C=O) groups excluding carboxylic acids is 1. The second-order valence-electron chi connectivity index (χ2n) is 7.08.